The van der Waals surface area contributed by atoms with Crippen LogP contribution in [-0.4, -0.2) is 49.3 Å². The van der Waals surface area contributed by atoms with Crippen LogP contribution < -0.4 is 4.90 Å². The van der Waals surface area contributed by atoms with Crippen molar-refractivity contribution in [2.45, 2.75) is 13.8 Å². The highest BCUT2D eigenvalue weighted by molar-refractivity contribution is 7.17. The lowest BCUT2D eigenvalue weighted by atomic mass is 10.3. The Balaban J connectivity index is 2.23. The zero-order chi connectivity index (χ0) is 13.1. The van der Waals surface area contributed by atoms with E-state index in [-0.39, 0.29) is 0 Å². The summed E-state index contributed by atoms with van der Waals surface area (Å²) in [4.78, 5) is 14.8. The number of likely N-dealkylation sites (N-methyl/N-ethyl adjacent to an activating group) is 1. The van der Waals surface area contributed by atoms with Crippen molar-refractivity contribution in [3.05, 3.63) is 11.5 Å². The van der Waals surface area contributed by atoms with E-state index in [1.807, 2.05) is 13.8 Å². The molecule has 2 rings (SSSR count). The molecule has 0 radical (unpaired) electrons. The Bertz CT molecular complexity index is 456. The van der Waals surface area contributed by atoms with Crippen LogP contribution in [0.15, 0.2) is 11.6 Å². The molecule has 1 aliphatic rings. The molecule has 5 heteroatoms. The van der Waals surface area contributed by atoms with Crippen molar-refractivity contribution in [2.75, 3.05) is 38.1 Å². The highest BCUT2D eigenvalue weighted by Gasteiger charge is 2.19. The third-order valence-corrected chi connectivity index (χ3v) is 4.28. The van der Waals surface area contributed by atoms with E-state index in [2.05, 4.69) is 33.4 Å². The monoisotopic (exact) mass is 264 g/mol. The van der Waals surface area contributed by atoms with Crippen LogP contribution >= 0.6 is 11.3 Å². The fourth-order valence-electron chi connectivity index (χ4n) is 1.92. The topological polar surface area (TPSA) is 31.7 Å². The Morgan fingerprint density at radius 3 is 2.61 bits per heavy atom. The SMILES string of the molecule is C=C(C)c1sc(N2CCN(C)CC2)nc1/N=C\C. The van der Waals surface area contributed by atoms with E-state index in [0.717, 1.165) is 47.6 Å². The zero-order valence-electron chi connectivity index (χ0n) is 11.3. The molecule has 0 unspecified atom stereocenters. The van der Waals surface area contributed by atoms with E-state index in [4.69, 9.17) is 0 Å². The molecule has 0 aliphatic carbocycles. The van der Waals surface area contributed by atoms with Crippen LogP contribution in [0.4, 0.5) is 10.9 Å². The van der Waals surface area contributed by atoms with Crippen molar-refractivity contribution in [3.8, 4) is 0 Å². The van der Waals surface area contributed by atoms with Gasteiger partial charge in [-0.15, -0.1) is 0 Å². The molecule has 0 spiro atoms. The third-order valence-electron chi connectivity index (χ3n) is 3.01. The van der Waals surface area contributed by atoms with Crippen molar-refractivity contribution >= 4 is 34.1 Å². The van der Waals surface area contributed by atoms with Gasteiger partial charge in [-0.1, -0.05) is 17.9 Å². The summed E-state index contributed by atoms with van der Waals surface area (Å²) in [6.07, 6.45) is 1.79. The lowest BCUT2D eigenvalue weighted by Crippen LogP contribution is -2.44. The Hall–Kier alpha value is -1.20. The standard InChI is InChI=1S/C13H20N4S/c1-5-14-12-11(10(2)3)18-13(15-12)17-8-6-16(4)7-9-17/h5H,2,6-9H2,1,3-4H3/b14-5-. The van der Waals surface area contributed by atoms with Gasteiger partial charge in [0.15, 0.2) is 10.9 Å². The van der Waals surface area contributed by atoms with Gasteiger partial charge < -0.3 is 9.80 Å². The molecular formula is C13H20N4S. The maximum absolute atomic E-state index is 4.64. The average Bonchev–Trinajstić information content (AvgIpc) is 2.75. The zero-order valence-corrected chi connectivity index (χ0v) is 12.1. The molecule has 0 amide bonds. The molecule has 1 aromatic heterocycles. The van der Waals surface area contributed by atoms with E-state index in [9.17, 15) is 0 Å². The van der Waals surface area contributed by atoms with Gasteiger partial charge in [-0.3, -0.25) is 0 Å². The average molecular weight is 264 g/mol. The number of rotatable bonds is 3. The van der Waals surface area contributed by atoms with Gasteiger partial charge in [-0.2, -0.15) is 4.98 Å². The van der Waals surface area contributed by atoms with Gasteiger partial charge in [-0.25, -0.2) is 4.99 Å². The first kappa shape index (κ1) is 13.2. The maximum atomic E-state index is 4.64. The summed E-state index contributed by atoms with van der Waals surface area (Å²) in [5.41, 5.74) is 1.04. The number of anilines is 1. The number of aliphatic imine (C=N–C) groups is 1. The Morgan fingerprint density at radius 2 is 2.06 bits per heavy atom. The number of piperazine rings is 1. The fourth-order valence-corrected chi connectivity index (χ4v) is 2.91. The molecule has 2 heterocycles. The van der Waals surface area contributed by atoms with Gasteiger partial charge >= 0.3 is 0 Å². The van der Waals surface area contributed by atoms with Crippen LogP contribution in [0.1, 0.15) is 18.7 Å². The quantitative estimate of drug-likeness (QED) is 0.787. The van der Waals surface area contributed by atoms with Crippen molar-refractivity contribution in [3.63, 3.8) is 0 Å². The molecule has 4 nitrogen and oxygen atoms in total. The fraction of sp³-hybridized carbons (Fsp3) is 0.538. The predicted octanol–water partition coefficient (Wildman–Crippen LogP) is 2.65. The van der Waals surface area contributed by atoms with E-state index >= 15 is 0 Å². The molecular weight excluding hydrogens is 244 g/mol. The van der Waals surface area contributed by atoms with E-state index in [1.54, 1.807) is 17.6 Å². The van der Waals surface area contributed by atoms with Crippen molar-refractivity contribution in [2.24, 2.45) is 4.99 Å². The van der Waals surface area contributed by atoms with Crippen LogP contribution in [0.25, 0.3) is 5.57 Å². The molecule has 1 saturated heterocycles. The minimum absolute atomic E-state index is 0.809. The second-order valence-corrected chi connectivity index (χ2v) is 5.58. The Kier molecular flexibility index (Phi) is 4.14. The van der Waals surface area contributed by atoms with Crippen LogP contribution in [-0.2, 0) is 0 Å². The number of hydrogen-bond donors (Lipinski definition) is 0. The Labute approximate surface area is 113 Å². The van der Waals surface area contributed by atoms with Gasteiger partial charge in [0.05, 0.1) is 4.88 Å². The van der Waals surface area contributed by atoms with Crippen molar-refractivity contribution < 1.29 is 0 Å². The van der Waals surface area contributed by atoms with E-state index in [1.165, 1.54) is 0 Å². The molecule has 1 aliphatic heterocycles. The second-order valence-electron chi connectivity index (χ2n) is 4.61. The Morgan fingerprint density at radius 1 is 1.39 bits per heavy atom. The number of thiazole rings is 1. The first-order valence-corrected chi connectivity index (χ1v) is 7.02. The molecule has 0 bridgehead atoms. The molecule has 0 N–H and O–H groups in total. The smallest absolute Gasteiger partial charge is 0.188 e. The van der Waals surface area contributed by atoms with Gasteiger partial charge in [0.25, 0.3) is 0 Å². The predicted molar refractivity (Wildman–Crippen MR) is 80.4 cm³/mol. The number of allylic oxidation sites excluding steroid dienone is 1. The second kappa shape index (κ2) is 5.63. The molecule has 18 heavy (non-hydrogen) atoms. The van der Waals surface area contributed by atoms with Crippen LogP contribution in [0, 0.1) is 0 Å². The summed E-state index contributed by atoms with van der Waals surface area (Å²) >= 11 is 1.70. The summed E-state index contributed by atoms with van der Waals surface area (Å²) in [5, 5.41) is 1.07. The number of nitrogens with zero attached hydrogens (tertiary/aromatic N) is 4. The number of hydrogen-bond acceptors (Lipinski definition) is 5. The van der Waals surface area contributed by atoms with Gasteiger partial charge in [0.2, 0.25) is 0 Å². The minimum Gasteiger partial charge on any atom is -0.345 e. The molecule has 0 atom stereocenters. The summed E-state index contributed by atoms with van der Waals surface area (Å²) in [6.45, 7) is 12.2. The molecule has 0 saturated carbocycles. The molecule has 98 valence electrons. The lowest BCUT2D eigenvalue weighted by molar-refractivity contribution is 0.313. The number of aromatic nitrogens is 1. The molecule has 1 aromatic rings. The highest BCUT2D eigenvalue weighted by Crippen LogP contribution is 2.36. The summed E-state index contributed by atoms with van der Waals surface area (Å²) < 4.78 is 0. The largest absolute Gasteiger partial charge is 0.345 e. The third kappa shape index (κ3) is 2.79. The van der Waals surface area contributed by atoms with Gasteiger partial charge in [0.1, 0.15) is 0 Å². The highest BCUT2D eigenvalue weighted by atomic mass is 32.1. The lowest BCUT2D eigenvalue weighted by Gasteiger charge is -2.32. The summed E-state index contributed by atoms with van der Waals surface area (Å²) in [7, 11) is 2.16. The van der Waals surface area contributed by atoms with Crippen LogP contribution in [0.5, 0.6) is 0 Å². The van der Waals surface area contributed by atoms with Gasteiger partial charge in [0, 0.05) is 32.4 Å². The first-order valence-electron chi connectivity index (χ1n) is 6.20. The molecule has 1 fully saturated rings. The summed E-state index contributed by atoms with van der Waals surface area (Å²) in [6, 6.07) is 0. The first-order chi connectivity index (χ1) is 8.61. The molecule has 0 aromatic carbocycles. The summed E-state index contributed by atoms with van der Waals surface area (Å²) in [5.74, 6) is 0.809. The van der Waals surface area contributed by atoms with E-state index < -0.39 is 0 Å². The van der Waals surface area contributed by atoms with Crippen molar-refractivity contribution in [1.82, 2.24) is 9.88 Å². The van der Waals surface area contributed by atoms with Crippen LogP contribution in [0.2, 0.25) is 0 Å². The maximum Gasteiger partial charge on any atom is 0.188 e. The minimum atomic E-state index is 0.809. The normalized spacial score (nSPS) is 17.6. The van der Waals surface area contributed by atoms with E-state index in [0.29, 0.717) is 0 Å². The van der Waals surface area contributed by atoms with Crippen molar-refractivity contribution in [1.29, 1.82) is 0 Å². The van der Waals surface area contributed by atoms with Gasteiger partial charge in [-0.05, 0) is 26.5 Å². The van der Waals surface area contributed by atoms with Crippen LogP contribution in [0.3, 0.4) is 0 Å².